The molecule has 0 amide bonds. The third-order valence-corrected chi connectivity index (χ3v) is 4.24. The van der Waals surface area contributed by atoms with E-state index in [1.54, 1.807) is 13.3 Å². The van der Waals surface area contributed by atoms with E-state index in [-0.39, 0.29) is 6.04 Å². The largest absolute Gasteiger partial charge is 0.383 e. The maximum Gasteiger partial charge on any atom is 0.141 e. The van der Waals surface area contributed by atoms with Gasteiger partial charge in [0.15, 0.2) is 0 Å². The van der Waals surface area contributed by atoms with Crippen LogP contribution in [0.25, 0.3) is 11.1 Å². The highest BCUT2D eigenvalue weighted by Gasteiger charge is 2.31. The number of nitrogens with zero attached hydrogens (tertiary/aromatic N) is 2. The fourth-order valence-electron chi connectivity index (χ4n) is 3.21. The van der Waals surface area contributed by atoms with Crippen LogP contribution in [0.15, 0.2) is 36.7 Å². The molecule has 0 fully saturated rings. The van der Waals surface area contributed by atoms with E-state index in [1.807, 2.05) is 12.3 Å². The quantitative estimate of drug-likeness (QED) is 0.796. The molecule has 0 aliphatic carbocycles. The molecule has 114 valence electrons. The maximum absolute atomic E-state index is 11.6. The Labute approximate surface area is 130 Å². The van der Waals surface area contributed by atoms with E-state index in [0.717, 1.165) is 41.6 Å². The number of rotatable bonds is 5. The molecule has 0 saturated carbocycles. The standard InChI is InChI=1S/C18H20N2O2/c1-13-8-15(14-4-3-5-19-10-14)9-16-11-20(6-7-22-2)17(12-21)18(13)16/h3-5,8-10,12,17H,6-7,11H2,1-2H3. The highest BCUT2D eigenvalue weighted by atomic mass is 16.5. The molecular weight excluding hydrogens is 276 g/mol. The zero-order valence-electron chi connectivity index (χ0n) is 13.0. The first-order valence-corrected chi connectivity index (χ1v) is 7.46. The molecule has 22 heavy (non-hydrogen) atoms. The molecule has 0 bridgehead atoms. The van der Waals surface area contributed by atoms with Crippen LogP contribution in [-0.2, 0) is 16.1 Å². The van der Waals surface area contributed by atoms with Gasteiger partial charge in [-0.1, -0.05) is 12.1 Å². The fourth-order valence-corrected chi connectivity index (χ4v) is 3.21. The van der Waals surface area contributed by atoms with Crippen molar-refractivity contribution in [3.8, 4) is 11.1 Å². The molecule has 1 aromatic heterocycles. The van der Waals surface area contributed by atoms with Gasteiger partial charge in [0, 0.05) is 38.2 Å². The Kier molecular flexibility index (Phi) is 4.32. The first kappa shape index (κ1) is 14.9. The third-order valence-electron chi connectivity index (χ3n) is 4.24. The summed E-state index contributed by atoms with van der Waals surface area (Å²) in [6.07, 6.45) is 4.69. The SMILES string of the molecule is COCCN1Cc2cc(-c3cccnc3)cc(C)c2C1C=O. The Hall–Kier alpha value is -2.04. The van der Waals surface area contributed by atoms with Gasteiger partial charge < -0.3 is 9.53 Å². The summed E-state index contributed by atoms with van der Waals surface area (Å²) in [5, 5.41) is 0. The predicted molar refractivity (Wildman–Crippen MR) is 85.5 cm³/mol. The van der Waals surface area contributed by atoms with Gasteiger partial charge in [-0.25, -0.2) is 0 Å². The lowest BCUT2D eigenvalue weighted by Crippen LogP contribution is -2.27. The molecule has 0 spiro atoms. The molecule has 0 N–H and O–H groups in total. The summed E-state index contributed by atoms with van der Waals surface area (Å²) >= 11 is 0. The van der Waals surface area contributed by atoms with Gasteiger partial charge in [0.1, 0.15) is 6.29 Å². The van der Waals surface area contributed by atoms with Gasteiger partial charge in [-0.2, -0.15) is 0 Å². The normalized spacial score (nSPS) is 17.5. The van der Waals surface area contributed by atoms with Gasteiger partial charge in [0.2, 0.25) is 0 Å². The number of benzene rings is 1. The molecular formula is C18H20N2O2. The third kappa shape index (κ3) is 2.67. The number of hydrogen-bond donors (Lipinski definition) is 0. The molecule has 0 radical (unpaired) electrons. The Morgan fingerprint density at radius 2 is 2.27 bits per heavy atom. The van der Waals surface area contributed by atoms with Crippen molar-refractivity contribution in [2.45, 2.75) is 19.5 Å². The minimum Gasteiger partial charge on any atom is -0.383 e. The number of aromatic nitrogens is 1. The summed E-state index contributed by atoms with van der Waals surface area (Å²) in [4.78, 5) is 17.9. The number of aldehydes is 1. The summed E-state index contributed by atoms with van der Waals surface area (Å²) in [6.45, 7) is 4.26. The van der Waals surface area contributed by atoms with Crippen molar-refractivity contribution in [1.29, 1.82) is 0 Å². The molecule has 1 aliphatic rings. The summed E-state index contributed by atoms with van der Waals surface area (Å²) < 4.78 is 5.15. The van der Waals surface area contributed by atoms with E-state index in [9.17, 15) is 4.79 Å². The number of methoxy groups -OCH3 is 1. The Morgan fingerprint density at radius 3 is 2.95 bits per heavy atom. The van der Waals surface area contributed by atoms with Crippen LogP contribution in [-0.4, -0.2) is 36.4 Å². The summed E-state index contributed by atoms with van der Waals surface area (Å²) in [5.41, 5.74) is 5.80. The minimum absolute atomic E-state index is 0.159. The second-order valence-electron chi connectivity index (χ2n) is 5.65. The lowest BCUT2D eigenvalue weighted by Gasteiger charge is -2.20. The van der Waals surface area contributed by atoms with Crippen molar-refractivity contribution in [3.05, 3.63) is 53.3 Å². The van der Waals surface area contributed by atoms with Crippen molar-refractivity contribution in [2.24, 2.45) is 0 Å². The minimum atomic E-state index is -0.159. The highest BCUT2D eigenvalue weighted by molar-refractivity contribution is 5.71. The van der Waals surface area contributed by atoms with Gasteiger partial charge >= 0.3 is 0 Å². The van der Waals surface area contributed by atoms with Crippen LogP contribution in [0.1, 0.15) is 22.7 Å². The van der Waals surface area contributed by atoms with Gasteiger partial charge in [0.25, 0.3) is 0 Å². The number of pyridine rings is 1. The topological polar surface area (TPSA) is 42.4 Å². The average molecular weight is 296 g/mol. The lowest BCUT2D eigenvalue weighted by molar-refractivity contribution is -0.112. The molecule has 1 aromatic carbocycles. The molecule has 1 aliphatic heterocycles. The molecule has 3 rings (SSSR count). The molecule has 2 aromatic rings. The maximum atomic E-state index is 11.6. The van der Waals surface area contributed by atoms with Crippen molar-refractivity contribution in [2.75, 3.05) is 20.3 Å². The number of hydrogen-bond acceptors (Lipinski definition) is 4. The van der Waals surface area contributed by atoms with Crippen molar-refractivity contribution in [3.63, 3.8) is 0 Å². The molecule has 1 unspecified atom stereocenters. The van der Waals surface area contributed by atoms with E-state index in [1.165, 1.54) is 5.56 Å². The van der Waals surface area contributed by atoms with Crippen LogP contribution in [0.5, 0.6) is 0 Å². The smallest absolute Gasteiger partial charge is 0.141 e. The number of fused-ring (bicyclic) bond motifs is 1. The molecule has 0 saturated heterocycles. The zero-order chi connectivity index (χ0) is 15.5. The second kappa shape index (κ2) is 6.38. The van der Waals surface area contributed by atoms with Gasteiger partial charge in [-0.3, -0.25) is 9.88 Å². The van der Waals surface area contributed by atoms with Crippen LogP contribution in [0, 0.1) is 6.92 Å². The van der Waals surface area contributed by atoms with E-state index < -0.39 is 0 Å². The second-order valence-corrected chi connectivity index (χ2v) is 5.65. The Balaban J connectivity index is 1.98. The van der Waals surface area contributed by atoms with Gasteiger partial charge in [-0.15, -0.1) is 0 Å². The molecule has 1 atom stereocenters. The van der Waals surface area contributed by atoms with Crippen LogP contribution in [0.3, 0.4) is 0 Å². The lowest BCUT2D eigenvalue weighted by atomic mass is 9.94. The van der Waals surface area contributed by atoms with Gasteiger partial charge in [0.05, 0.1) is 12.6 Å². The molecule has 2 heterocycles. The Morgan fingerprint density at radius 1 is 1.41 bits per heavy atom. The molecule has 4 heteroatoms. The first-order chi connectivity index (χ1) is 10.7. The number of aryl methyl sites for hydroxylation is 1. The van der Waals surface area contributed by atoms with E-state index in [0.29, 0.717) is 6.61 Å². The number of ether oxygens (including phenoxy) is 1. The average Bonchev–Trinajstić information content (AvgIpc) is 2.91. The van der Waals surface area contributed by atoms with Crippen molar-refractivity contribution < 1.29 is 9.53 Å². The highest BCUT2D eigenvalue weighted by Crippen LogP contribution is 2.37. The first-order valence-electron chi connectivity index (χ1n) is 7.46. The van der Waals surface area contributed by atoms with Crippen molar-refractivity contribution in [1.82, 2.24) is 9.88 Å². The fraction of sp³-hybridized carbons (Fsp3) is 0.333. The predicted octanol–water partition coefficient (Wildman–Crippen LogP) is 2.76. The Bertz CT molecular complexity index is 670. The number of carbonyl (C=O) groups is 1. The van der Waals surface area contributed by atoms with E-state index in [2.05, 4.69) is 35.0 Å². The van der Waals surface area contributed by atoms with Crippen molar-refractivity contribution >= 4 is 6.29 Å². The van der Waals surface area contributed by atoms with Crippen LogP contribution in [0.4, 0.5) is 0 Å². The van der Waals surface area contributed by atoms with Crippen LogP contribution < -0.4 is 0 Å². The van der Waals surface area contributed by atoms with Gasteiger partial charge in [-0.05, 0) is 41.3 Å². The summed E-state index contributed by atoms with van der Waals surface area (Å²) in [5.74, 6) is 0. The van der Waals surface area contributed by atoms with E-state index >= 15 is 0 Å². The van der Waals surface area contributed by atoms with E-state index in [4.69, 9.17) is 4.74 Å². The zero-order valence-corrected chi connectivity index (χ0v) is 13.0. The molecule has 4 nitrogen and oxygen atoms in total. The monoisotopic (exact) mass is 296 g/mol. The number of carbonyl (C=O) groups excluding carboxylic acids is 1. The summed E-state index contributed by atoms with van der Waals surface area (Å²) in [6, 6.07) is 8.17. The summed E-state index contributed by atoms with van der Waals surface area (Å²) in [7, 11) is 1.69. The van der Waals surface area contributed by atoms with Crippen LogP contribution in [0.2, 0.25) is 0 Å². The van der Waals surface area contributed by atoms with Crippen LogP contribution >= 0.6 is 0 Å².